The summed E-state index contributed by atoms with van der Waals surface area (Å²) in [6.07, 6.45) is 0. The van der Waals surface area contributed by atoms with Gasteiger partial charge in [-0.15, -0.1) is 0 Å². The van der Waals surface area contributed by atoms with Gasteiger partial charge < -0.3 is 0 Å². The fourth-order valence-electron chi connectivity index (χ4n) is 0.337. The molecule has 0 aliphatic carbocycles. The summed E-state index contributed by atoms with van der Waals surface area (Å²) in [5.74, 6) is 0.0963. The second-order valence-electron chi connectivity index (χ2n) is 1.61. The molecule has 0 bridgehead atoms. The first-order chi connectivity index (χ1) is 4.20. The van der Waals surface area contributed by atoms with Gasteiger partial charge in [0.25, 0.3) is 0 Å². The van der Waals surface area contributed by atoms with Crippen molar-refractivity contribution in [2.45, 2.75) is 0 Å². The minimum atomic E-state index is 0.0774. The Kier molecular flexibility index (Phi) is 5.07. The van der Waals surface area contributed by atoms with E-state index >= 15 is 0 Å². The molecule has 0 atom stereocenters. The topological polar surface area (TPSA) is 32.3 Å². The van der Waals surface area contributed by atoms with Crippen molar-refractivity contribution in [3.63, 3.8) is 0 Å². The molecule has 56 valence electrons. The number of nitrogens with one attached hydrogen (secondary N) is 1. The summed E-state index contributed by atoms with van der Waals surface area (Å²) < 4.78 is 2.05. The van der Waals surface area contributed by atoms with Gasteiger partial charge in [-0.2, -0.15) is 0 Å². The molecule has 3 nitrogen and oxygen atoms in total. The van der Waals surface area contributed by atoms with Crippen molar-refractivity contribution < 1.29 is 26.3 Å². The molecule has 0 radical (unpaired) electrons. The SMILES string of the molecule is CNC(=O)CN(C)[I-]C. The maximum atomic E-state index is 10.6. The zero-order chi connectivity index (χ0) is 7.28. The zero-order valence-electron chi connectivity index (χ0n) is 5.94. The monoisotopic (exact) mass is 243 g/mol. The molecule has 0 aliphatic rings. The standard InChI is InChI=1S/C5H12IN2O/c1-6-8(3)4-5(9)7-2/h4H2,1-3H3,(H,7,9)/q-1. The van der Waals surface area contributed by atoms with Crippen LogP contribution in [0.2, 0.25) is 0 Å². The van der Waals surface area contributed by atoms with Crippen molar-refractivity contribution in [1.82, 2.24) is 8.43 Å². The number of carbonyl (C=O) groups is 1. The van der Waals surface area contributed by atoms with E-state index in [0.29, 0.717) is 6.54 Å². The van der Waals surface area contributed by atoms with Gasteiger partial charge in [0.1, 0.15) is 0 Å². The van der Waals surface area contributed by atoms with Crippen molar-refractivity contribution >= 4 is 5.91 Å². The summed E-state index contributed by atoms with van der Waals surface area (Å²) in [7, 11) is 3.62. The molecule has 0 spiro atoms. The Balaban J connectivity index is 3.34. The number of likely N-dealkylation sites (N-methyl/N-ethyl adjacent to an activating group) is 2. The first-order valence-corrected chi connectivity index (χ1v) is 5.74. The van der Waals surface area contributed by atoms with Crippen LogP contribution in [0, 0.1) is 0 Å². The van der Waals surface area contributed by atoms with Crippen molar-refractivity contribution in [3.05, 3.63) is 0 Å². The normalized spacial score (nSPS) is 10.2. The molecule has 0 heterocycles. The van der Waals surface area contributed by atoms with E-state index in [1.807, 2.05) is 7.05 Å². The van der Waals surface area contributed by atoms with Gasteiger partial charge in [-0.05, 0) is 0 Å². The Hall–Kier alpha value is 0.160. The van der Waals surface area contributed by atoms with Crippen molar-refractivity contribution in [2.24, 2.45) is 0 Å². The number of amides is 1. The fraction of sp³-hybridized carbons (Fsp3) is 0.800. The van der Waals surface area contributed by atoms with Gasteiger partial charge in [-0.25, -0.2) is 0 Å². The number of rotatable bonds is 3. The van der Waals surface area contributed by atoms with E-state index in [1.165, 1.54) is 0 Å². The van der Waals surface area contributed by atoms with Crippen LogP contribution in [0.4, 0.5) is 0 Å². The van der Waals surface area contributed by atoms with Gasteiger partial charge in [0.2, 0.25) is 0 Å². The molecule has 0 aliphatic heterocycles. The molecule has 1 N–H and O–H groups in total. The van der Waals surface area contributed by atoms with E-state index in [-0.39, 0.29) is 27.4 Å². The minimum absolute atomic E-state index is 0.0774. The summed E-state index contributed by atoms with van der Waals surface area (Å²) in [4.78, 5) is 12.8. The first-order valence-electron chi connectivity index (χ1n) is 2.62. The summed E-state index contributed by atoms with van der Waals surface area (Å²) >= 11 is 0.0774. The predicted molar refractivity (Wildman–Crippen MR) is 32.6 cm³/mol. The number of hydrogen-bond acceptors (Lipinski definition) is 2. The molecule has 0 aromatic rings. The average molecular weight is 243 g/mol. The Morgan fingerprint density at radius 2 is 2.33 bits per heavy atom. The molecule has 0 aromatic heterocycles. The van der Waals surface area contributed by atoms with Crippen molar-refractivity contribution in [1.29, 1.82) is 0 Å². The number of halogens is 1. The Morgan fingerprint density at radius 3 is 2.67 bits per heavy atom. The molecular formula is C5H12IN2O-. The number of hydrogen-bond donors (Lipinski definition) is 1. The summed E-state index contributed by atoms with van der Waals surface area (Å²) in [5.41, 5.74) is 0. The third kappa shape index (κ3) is 4.65. The molecule has 0 saturated heterocycles. The third-order valence-electron chi connectivity index (χ3n) is 0.929. The van der Waals surface area contributed by atoms with Crippen LogP contribution in [-0.4, -0.2) is 34.6 Å². The average Bonchev–Trinajstić information content (AvgIpc) is 1.87. The molecule has 9 heavy (non-hydrogen) atoms. The Labute approximate surface area is 66.4 Å². The van der Waals surface area contributed by atoms with Crippen molar-refractivity contribution in [2.75, 3.05) is 25.6 Å². The zero-order valence-corrected chi connectivity index (χ0v) is 8.10. The van der Waals surface area contributed by atoms with Gasteiger partial charge in [0.15, 0.2) is 0 Å². The maximum absolute atomic E-state index is 10.6. The van der Waals surface area contributed by atoms with Crippen LogP contribution in [0.3, 0.4) is 0 Å². The predicted octanol–water partition coefficient (Wildman–Crippen LogP) is -3.70. The van der Waals surface area contributed by atoms with Crippen LogP contribution in [0.25, 0.3) is 0 Å². The Morgan fingerprint density at radius 1 is 1.78 bits per heavy atom. The molecule has 4 heteroatoms. The van der Waals surface area contributed by atoms with E-state index in [0.717, 1.165) is 0 Å². The van der Waals surface area contributed by atoms with Gasteiger partial charge in [0, 0.05) is 0 Å². The quantitative estimate of drug-likeness (QED) is 0.314. The molecular weight excluding hydrogens is 231 g/mol. The summed E-state index contributed by atoms with van der Waals surface area (Å²) in [6.45, 7) is 0.542. The van der Waals surface area contributed by atoms with Crippen LogP contribution >= 0.6 is 0 Å². The molecule has 0 fully saturated rings. The molecule has 0 unspecified atom stereocenters. The third-order valence-corrected chi connectivity index (χ3v) is 2.92. The van der Waals surface area contributed by atoms with Crippen LogP contribution in [0.1, 0.15) is 0 Å². The molecule has 1 amide bonds. The van der Waals surface area contributed by atoms with Crippen molar-refractivity contribution in [3.8, 4) is 0 Å². The summed E-state index contributed by atoms with van der Waals surface area (Å²) in [6, 6.07) is 0. The summed E-state index contributed by atoms with van der Waals surface area (Å²) in [5, 5.41) is 2.57. The number of carbonyl (C=O) groups excluding carboxylic acids is 1. The van der Waals surface area contributed by atoms with E-state index in [9.17, 15) is 4.79 Å². The van der Waals surface area contributed by atoms with E-state index in [2.05, 4.69) is 13.4 Å². The fourth-order valence-corrected chi connectivity index (χ4v) is 0.988. The molecule has 0 saturated carbocycles. The first kappa shape index (κ1) is 9.16. The van der Waals surface area contributed by atoms with E-state index < -0.39 is 0 Å². The second-order valence-corrected chi connectivity index (χ2v) is 4.22. The van der Waals surface area contributed by atoms with Crippen LogP contribution in [0.15, 0.2) is 0 Å². The van der Waals surface area contributed by atoms with E-state index in [1.54, 1.807) is 7.05 Å². The number of alkyl halides is 1. The van der Waals surface area contributed by atoms with E-state index in [4.69, 9.17) is 0 Å². The second kappa shape index (κ2) is 4.99. The molecule has 0 aromatic carbocycles. The van der Waals surface area contributed by atoms with Crippen LogP contribution in [-0.2, 0) is 4.79 Å². The number of nitrogens with zero attached hydrogens (tertiary/aromatic N) is 1. The van der Waals surface area contributed by atoms with Gasteiger partial charge in [-0.1, -0.05) is 0 Å². The van der Waals surface area contributed by atoms with Crippen LogP contribution in [0.5, 0.6) is 0 Å². The van der Waals surface area contributed by atoms with Gasteiger partial charge in [0.05, 0.1) is 0 Å². The Bertz CT molecular complexity index is 97.0. The van der Waals surface area contributed by atoms with Gasteiger partial charge >= 0.3 is 66.2 Å². The molecule has 0 rings (SSSR count). The van der Waals surface area contributed by atoms with Crippen LogP contribution < -0.4 is 26.8 Å². The van der Waals surface area contributed by atoms with Gasteiger partial charge in [-0.3, -0.25) is 0 Å².